The van der Waals surface area contributed by atoms with Gasteiger partial charge in [-0.3, -0.25) is 9.78 Å². The highest BCUT2D eigenvalue weighted by molar-refractivity contribution is 7.90. The van der Waals surface area contributed by atoms with Crippen molar-refractivity contribution in [2.24, 2.45) is 17.8 Å². The Labute approximate surface area is 288 Å². The molecule has 1 amide bonds. The van der Waals surface area contributed by atoms with Crippen LogP contribution in [-0.4, -0.2) is 49.4 Å². The van der Waals surface area contributed by atoms with E-state index in [1.807, 2.05) is 44.2 Å². The standard InChI is InChI=1S/C38H44ClN3O5S/c1-24-6-4-17-38(44,30-11-8-25(2)40-20-30)33-13-9-29(33)21-42-22-37(16-5-7-27-18-31(39)12-14-32(27)37)23-47-35-15-10-28(19-34(35)42)36(43)41-48(45,46)26(24)3/h4,8,10-12,14-15,17-20,24,26,29,33,44H,5-7,9,13,16,21-23H2,1-3H3,(H,41,43)/b17-4+/t24-,26+,29-,33+,37-,38+/m0/s1. The largest absolute Gasteiger partial charge is 0.490 e. The van der Waals surface area contributed by atoms with Crippen LogP contribution in [0.4, 0.5) is 5.69 Å². The van der Waals surface area contributed by atoms with E-state index in [4.69, 9.17) is 16.3 Å². The third-order valence-corrected chi connectivity index (χ3v) is 13.7. The number of allylic oxidation sites excluding steroid dienone is 1. The fourth-order valence-corrected chi connectivity index (χ4v) is 9.76. The molecule has 0 radical (unpaired) electrons. The van der Waals surface area contributed by atoms with E-state index in [2.05, 4.69) is 26.7 Å². The van der Waals surface area contributed by atoms with Crippen LogP contribution >= 0.6 is 11.6 Å². The lowest BCUT2D eigenvalue weighted by Gasteiger charge is -2.49. The van der Waals surface area contributed by atoms with Crippen LogP contribution in [0.1, 0.15) is 78.7 Å². The number of hydrogen-bond acceptors (Lipinski definition) is 7. The van der Waals surface area contributed by atoms with Gasteiger partial charge in [0.15, 0.2) is 0 Å². The summed E-state index contributed by atoms with van der Waals surface area (Å²) in [5, 5.41) is 12.5. The Bertz CT molecular complexity index is 1860. The lowest BCUT2D eigenvalue weighted by Crippen LogP contribution is -2.51. The summed E-state index contributed by atoms with van der Waals surface area (Å²) in [6.45, 7) is 7.16. The average Bonchev–Trinajstić information content (AvgIpc) is 3.19. The van der Waals surface area contributed by atoms with E-state index in [-0.39, 0.29) is 28.7 Å². The van der Waals surface area contributed by atoms with E-state index >= 15 is 0 Å². The number of ether oxygens (including phenoxy) is 1. The minimum Gasteiger partial charge on any atom is -0.490 e. The van der Waals surface area contributed by atoms with Gasteiger partial charge in [0.25, 0.3) is 5.91 Å². The SMILES string of the molecule is Cc1ccc([C@]2(O)/C=C/C[C@H](C)[C@@H](C)S(=O)(=O)NC(=O)c3ccc4c(c3)N(C[C@@H]3CC[C@H]32)C[C@@]2(CCCc3cc(Cl)ccc32)CO4)cn1. The first kappa shape index (κ1) is 33.1. The molecule has 1 fully saturated rings. The molecule has 3 heterocycles. The molecule has 2 aliphatic carbocycles. The number of hydrogen-bond donors (Lipinski definition) is 2. The van der Waals surface area contributed by atoms with Crippen molar-refractivity contribution < 1.29 is 23.1 Å². The smallest absolute Gasteiger partial charge is 0.264 e. The second kappa shape index (κ2) is 12.5. The molecule has 7 rings (SSSR count). The first-order valence-electron chi connectivity index (χ1n) is 17.1. The summed E-state index contributed by atoms with van der Waals surface area (Å²) >= 11 is 6.45. The predicted molar refractivity (Wildman–Crippen MR) is 188 cm³/mol. The number of anilines is 1. The first-order valence-corrected chi connectivity index (χ1v) is 19.0. The molecule has 48 heavy (non-hydrogen) atoms. The maximum atomic E-state index is 13.5. The fourth-order valence-electron chi connectivity index (χ4n) is 8.28. The molecule has 1 spiro atoms. The van der Waals surface area contributed by atoms with E-state index in [1.54, 1.807) is 31.3 Å². The number of nitrogens with zero attached hydrogens (tertiary/aromatic N) is 2. The van der Waals surface area contributed by atoms with E-state index in [0.29, 0.717) is 31.9 Å². The van der Waals surface area contributed by atoms with Crippen LogP contribution in [0.5, 0.6) is 5.75 Å². The molecular formula is C38H44ClN3O5S. The van der Waals surface area contributed by atoms with Crippen LogP contribution < -0.4 is 14.4 Å². The first-order chi connectivity index (χ1) is 22.9. The Kier molecular flexibility index (Phi) is 8.61. The topological polar surface area (TPSA) is 109 Å². The van der Waals surface area contributed by atoms with Gasteiger partial charge in [-0.15, -0.1) is 0 Å². The highest BCUT2D eigenvalue weighted by Gasteiger charge is 2.49. The third-order valence-electron chi connectivity index (χ3n) is 11.5. The molecule has 1 saturated carbocycles. The number of fused-ring (bicyclic) bond motifs is 4. The van der Waals surface area contributed by atoms with Crippen molar-refractivity contribution >= 4 is 33.2 Å². The highest BCUT2D eigenvalue weighted by atomic mass is 35.5. The van der Waals surface area contributed by atoms with Crippen LogP contribution in [0.3, 0.4) is 0 Å². The van der Waals surface area contributed by atoms with E-state index < -0.39 is 26.8 Å². The van der Waals surface area contributed by atoms with Crippen molar-refractivity contribution in [2.75, 3.05) is 24.6 Å². The van der Waals surface area contributed by atoms with Crippen LogP contribution in [-0.2, 0) is 27.5 Å². The van der Waals surface area contributed by atoms with Gasteiger partial charge in [-0.2, -0.15) is 0 Å². The zero-order valence-corrected chi connectivity index (χ0v) is 29.4. The van der Waals surface area contributed by atoms with Crippen molar-refractivity contribution in [3.63, 3.8) is 0 Å². The molecule has 2 aromatic carbocycles. The van der Waals surface area contributed by atoms with Crippen molar-refractivity contribution in [2.45, 2.75) is 75.6 Å². The van der Waals surface area contributed by atoms with Gasteiger partial charge in [0.2, 0.25) is 10.0 Å². The van der Waals surface area contributed by atoms with Crippen molar-refractivity contribution in [3.8, 4) is 5.75 Å². The normalized spacial score (nSPS) is 32.1. The molecule has 8 nitrogen and oxygen atoms in total. The quantitative estimate of drug-likeness (QED) is 0.282. The Morgan fingerprint density at radius 3 is 2.69 bits per heavy atom. The Morgan fingerprint density at radius 1 is 1.10 bits per heavy atom. The minimum atomic E-state index is -3.99. The van der Waals surface area contributed by atoms with Crippen LogP contribution in [0.2, 0.25) is 5.02 Å². The van der Waals surface area contributed by atoms with Crippen LogP contribution in [0, 0.1) is 24.7 Å². The Morgan fingerprint density at radius 2 is 1.94 bits per heavy atom. The summed E-state index contributed by atoms with van der Waals surface area (Å²) < 4.78 is 35.8. The number of pyridine rings is 1. The van der Waals surface area contributed by atoms with Crippen LogP contribution in [0.15, 0.2) is 66.9 Å². The molecule has 2 bridgehead atoms. The summed E-state index contributed by atoms with van der Waals surface area (Å²) in [5.74, 6) is -0.255. The van der Waals surface area contributed by atoms with E-state index in [9.17, 15) is 18.3 Å². The maximum absolute atomic E-state index is 13.5. The maximum Gasteiger partial charge on any atom is 0.264 e. The van der Waals surface area contributed by atoms with E-state index in [0.717, 1.165) is 54.1 Å². The van der Waals surface area contributed by atoms with Crippen molar-refractivity contribution in [1.82, 2.24) is 9.71 Å². The molecule has 10 heteroatoms. The zero-order chi connectivity index (χ0) is 33.8. The number of carbonyl (C=O) groups is 1. The lowest BCUT2D eigenvalue weighted by atomic mass is 9.62. The second-order valence-electron chi connectivity index (χ2n) is 14.5. The van der Waals surface area contributed by atoms with Gasteiger partial charge < -0.3 is 14.7 Å². The molecule has 0 unspecified atom stereocenters. The number of rotatable bonds is 1. The van der Waals surface area contributed by atoms with Crippen LogP contribution in [0.25, 0.3) is 0 Å². The molecule has 2 N–H and O–H groups in total. The lowest BCUT2D eigenvalue weighted by molar-refractivity contribution is -0.0502. The molecule has 6 atom stereocenters. The number of nitrogens with one attached hydrogen (secondary N) is 1. The number of aromatic nitrogens is 1. The predicted octanol–water partition coefficient (Wildman–Crippen LogP) is 6.47. The number of aliphatic hydroxyl groups is 1. The summed E-state index contributed by atoms with van der Waals surface area (Å²) in [6.07, 6.45) is 10.6. The molecule has 3 aromatic rings. The Balaban J connectivity index is 1.35. The number of halogens is 1. The molecule has 1 aromatic heterocycles. The van der Waals surface area contributed by atoms with Gasteiger partial charge >= 0.3 is 0 Å². The molecule has 0 saturated heterocycles. The monoisotopic (exact) mass is 689 g/mol. The average molecular weight is 690 g/mol. The molecule has 4 aliphatic rings. The van der Waals surface area contributed by atoms with Gasteiger partial charge in [0.1, 0.15) is 11.4 Å². The summed E-state index contributed by atoms with van der Waals surface area (Å²) in [4.78, 5) is 20.4. The molecular weight excluding hydrogens is 646 g/mol. The van der Waals surface area contributed by atoms with Gasteiger partial charge in [-0.05, 0) is 112 Å². The number of benzene rings is 2. The molecule has 2 aliphatic heterocycles. The zero-order valence-electron chi connectivity index (χ0n) is 27.8. The third kappa shape index (κ3) is 5.92. The van der Waals surface area contributed by atoms with Crippen molar-refractivity contribution in [1.29, 1.82) is 0 Å². The summed E-state index contributed by atoms with van der Waals surface area (Å²) in [5.41, 5.74) is 3.50. The van der Waals surface area contributed by atoms with Gasteiger partial charge in [-0.25, -0.2) is 13.1 Å². The van der Waals surface area contributed by atoms with Gasteiger partial charge in [0.05, 0.1) is 17.5 Å². The molecule has 254 valence electrons. The summed E-state index contributed by atoms with van der Waals surface area (Å²) in [7, 11) is -3.99. The second-order valence-corrected chi connectivity index (χ2v) is 17.0. The highest BCUT2D eigenvalue weighted by Crippen LogP contribution is 2.50. The fraction of sp³-hybridized carbons (Fsp3) is 0.474. The summed E-state index contributed by atoms with van der Waals surface area (Å²) in [6, 6.07) is 15.2. The van der Waals surface area contributed by atoms with Gasteiger partial charge in [0, 0.05) is 52.5 Å². The number of sulfonamides is 1. The van der Waals surface area contributed by atoms with Gasteiger partial charge in [-0.1, -0.05) is 42.8 Å². The number of amides is 1. The Hall–Kier alpha value is -3.40. The number of aryl methyl sites for hydroxylation is 2. The minimum absolute atomic E-state index is 0.0878. The van der Waals surface area contributed by atoms with Crippen molar-refractivity contribution in [3.05, 3.63) is 99.9 Å². The number of carbonyl (C=O) groups excluding carboxylic acids is 1. The van der Waals surface area contributed by atoms with E-state index in [1.165, 1.54) is 11.1 Å².